The van der Waals surface area contributed by atoms with Crippen molar-refractivity contribution in [2.24, 2.45) is 5.10 Å². The van der Waals surface area contributed by atoms with Crippen LogP contribution in [0.2, 0.25) is 5.02 Å². The number of amides is 3. The lowest BCUT2D eigenvalue weighted by Crippen LogP contribution is -2.37. The molecule has 0 heterocycles. The van der Waals surface area contributed by atoms with E-state index >= 15 is 0 Å². The van der Waals surface area contributed by atoms with Crippen LogP contribution in [0.25, 0.3) is 0 Å². The fourth-order valence-electron chi connectivity index (χ4n) is 2.68. The van der Waals surface area contributed by atoms with Gasteiger partial charge in [-0.2, -0.15) is 5.10 Å². The van der Waals surface area contributed by atoms with Gasteiger partial charge in [0.05, 0.1) is 16.9 Å². The van der Waals surface area contributed by atoms with Crippen molar-refractivity contribution >= 4 is 41.2 Å². The third-order valence-corrected chi connectivity index (χ3v) is 4.63. The van der Waals surface area contributed by atoms with Gasteiger partial charge in [-0.1, -0.05) is 66.2 Å². The van der Waals surface area contributed by atoms with E-state index in [2.05, 4.69) is 21.2 Å². The van der Waals surface area contributed by atoms with Crippen molar-refractivity contribution in [3.05, 3.63) is 95.0 Å². The van der Waals surface area contributed by atoms with Gasteiger partial charge in [-0.05, 0) is 29.8 Å². The highest BCUT2D eigenvalue weighted by Crippen LogP contribution is 2.20. The zero-order valence-electron chi connectivity index (χ0n) is 17.5. The zero-order chi connectivity index (χ0) is 23.5. The minimum atomic E-state index is -0.903. The highest BCUT2D eigenvalue weighted by Gasteiger charge is 2.12. The number of hydrogen-bond donors (Lipinski definition) is 3. The molecule has 0 saturated heterocycles. The van der Waals surface area contributed by atoms with Crippen LogP contribution in [0.1, 0.15) is 11.1 Å². The van der Waals surface area contributed by atoms with Gasteiger partial charge in [-0.3, -0.25) is 14.4 Å². The highest BCUT2D eigenvalue weighted by molar-refractivity contribution is 6.35. The Kier molecular flexibility index (Phi) is 8.55. The second-order valence-electron chi connectivity index (χ2n) is 6.72. The summed E-state index contributed by atoms with van der Waals surface area (Å²) in [6.45, 7) is -0.0337. The Balaban J connectivity index is 1.50. The summed E-state index contributed by atoms with van der Waals surface area (Å²) in [5.74, 6) is -1.73. The molecule has 0 aromatic heterocycles. The molecular formula is C24H21ClN4O4. The number of rotatable bonds is 8. The molecule has 0 saturated carbocycles. The van der Waals surface area contributed by atoms with Crippen LogP contribution in [0.4, 0.5) is 5.69 Å². The number of carbonyl (C=O) groups is 3. The molecule has 3 amide bonds. The molecule has 0 bridgehead atoms. The Morgan fingerprint density at radius 1 is 0.879 bits per heavy atom. The first-order chi connectivity index (χ1) is 16.0. The summed E-state index contributed by atoms with van der Waals surface area (Å²) in [6.07, 6.45) is 1.32. The molecular weight excluding hydrogens is 444 g/mol. The Hall–Kier alpha value is -4.17. The van der Waals surface area contributed by atoms with E-state index < -0.39 is 17.7 Å². The van der Waals surface area contributed by atoms with Gasteiger partial charge in [-0.25, -0.2) is 5.43 Å². The lowest BCUT2D eigenvalue weighted by molar-refractivity contribution is -0.139. The number of benzene rings is 3. The standard InChI is InChI=1S/C24H21ClN4O4/c25-19-11-5-6-12-20(19)28-22(30)16-33-21-13-7-4-10-18(21)15-27-29-24(32)23(31)26-14-17-8-2-1-3-9-17/h1-13,15H,14,16H2,(H,26,31)(H,28,30)(H,29,32)/b27-15-. The van der Waals surface area contributed by atoms with Gasteiger partial charge in [0.15, 0.2) is 6.61 Å². The number of carbonyl (C=O) groups excluding carboxylic acids is 3. The molecule has 3 rings (SSSR count). The molecule has 0 radical (unpaired) electrons. The molecule has 0 aliphatic heterocycles. The van der Waals surface area contributed by atoms with E-state index in [0.29, 0.717) is 22.0 Å². The first-order valence-corrected chi connectivity index (χ1v) is 10.3. The van der Waals surface area contributed by atoms with E-state index in [9.17, 15) is 14.4 Å². The maximum atomic E-state index is 12.2. The van der Waals surface area contributed by atoms with Crippen molar-refractivity contribution in [1.29, 1.82) is 0 Å². The molecule has 0 fully saturated rings. The van der Waals surface area contributed by atoms with E-state index in [1.807, 2.05) is 30.3 Å². The van der Waals surface area contributed by atoms with Crippen LogP contribution in [0.5, 0.6) is 5.75 Å². The maximum absolute atomic E-state index is 12.2. The van der Waals surface area contributed by atoms with Crippen molar-refractivity contribution in [3.63, 3.8) is 0 Å². The molecule has 3 aromatic rings. The number of nitrogens with zero attached hydrogens (tertiary/aromatic N) is 1. The molecule has 168 valence electrons. The van der Waals surface area contributed by atoms with Gasteiger partial charge in [0.1, 0.15) is 5.75 Å². The number of nitrogens with one attached hydrogen (secondary N) is 3. The first kappa shape index (κ1) is 23.5. The molecule has 3 N–H and O–H groups in total. The topological polar surface area (TPSA) is 109 Å². The summed E-state index contributed by atoms with van der Waals surface area (Å²) >= 11 is 6.03. The SMILES string of the molecule is O=C(COc1ccccc1/C=N\NC(=O)C(=O)NCc1ccccc1)Nc1ccccc1Cl. The van der Waals surface area contributed by atoms with Gasteiger partial charge in [-0.15, -0.1) is 0 Å². The van der Waals surface area contributed by atoms with E-state index in [4.69, 9.17) is 16.3 Å². The predicted octanol–water partition coefficient (Wildman–Crippen LogP) is 3.12. The lowest BCUT2D eigenvalue weighted by Gasteiger charge is -2.10. The Labute approximate surface area is 195 Å². The fourth-order valence-corrected chi connectivity index (χ4v) is 2.86. The van der Waals surface area contributed by atoms with Crippen LogP contribution >= 0.6 is 11.6 Å². The first-order valence-electron chi connectivity index (χ1n) is 9.94. The third-order valence-electron chi connectivity index (χ3n) is 4.30. The molecule has 8 nitrogen and oxygen atoms in total. The number of hydrogen-bond acceptors (Lipinski definition) is 5. The Morgan fingerprint density at radius 3 is 2.36 bits per heavy atom. The number of hydrazone groups is 1. The highest BCUT2D eigenvalue weighted by atomic mass is 35.5. The second-order valence-corrected chi connectivity index (χ2v) is 7.13. The van der Waals surface area contributed by atoms with Gasteiger partial charge in [0.2, 0.25) is 0 Å². The van der Waals surface area contributed by atoms with Crippen molar-refractivity contribution in [2.45, 2.75) is 6.54 Å². The average Bonchev–Trinajstić information content (AvgIpc) is 2.84. The van der Waals surface area contributed by atoms with Crippen LogP contribution in [-0.2, 0) is 20.9 Å². The van der Waals surface area contributed by atoms with Crippen LogP contribution in [0.3, 0.4) is 0 Å². The second kappa shape index (κ2) is 12.0. The van der Waals surface area contributed by atoms with Gasteiger partial charge in [0, 0.05) is 12.1 Å². The molecule has 0 aliphatic carbocycles. The van der Waals surface area contributed by atoms with Crippen molar-refractivity contribution in [1.82, 2.24) is 10.7 Å². The smallest absolute Gasteiger partial charge is 0.329 e. The van der Waals surface area contributed by atoms with Crippen molar-refractivity contribution in [2.75, 3.05) is 11.9 Å². The van der Waals surface area contributed by atoms with Crippen LogP contribution < -0.4 is 20.8 Å². The predicted molar refractivity (Wildman–Crippen MR) is 126 cm³/mol. The van der Waals surface area contributed by atoms with Crippen LogP contribution in [0.15, 0.2) is 84.0 Å². The molecule has 0 spiro atoms. The number of para-hydroxylation sites is 2. The Bertz CT molecular complexity index is 1150. The minimum absolute atomic E-state index is 0.226. The lowest BCUT2D eigenvalue weighted by atomic mass is 10.2. The van der Waals surface area contributed by atoms with E-state index in [-0.39, 0.29) is 13.2 Å². The summed E-state index contributed by atoms with van der Waals surface area (Å²) < 4.78 is 5.57. The summed E-state index contributed by atoms with van der Waals surface area (Å²) in [5, 5.41) is 9.40. The maximum Gasteiger partial charge on any atom is 0.329 e. The average molecular weight is 465 g/mol. The quantitative estimate of drug-likeness (QED) is 0.270. The minimum Gasteiger partial charge on any atom is -0.483 e. The summed E-state index contributed by atoms with van der Waals surface area (Å²) in [6, 6.07) is 22.9. The van der Waals surface area contributed by atoms with Gasteiger partial charge in [0.25, 0.3) is 5.91 Å². The fraction of sp³-hybridized carbons (Fsp3) is 0.0833. The zero-order valence-corrected chi connectivity index (χ0v) is 18.2. The van der Waals surface area contributed by atoms with E-state index in [0.717, 1.165) is 5.56 Å². The van der Waals surface area contributed by atoms with Crippen molar-refractivity contribution in [3.8, 4) is 5.75 Å². The van der Waals surface area contributed by atoms with Gasteiger partial charge >= 0.3 is 11.8 Å². The molecule has 0 aliphatic rings. The monoisotopic (exact) mass is 464 g/mol. The normalized spacial score (nSPS) is 10.5. The van der Waals surface area contributed by atoms with Gasteiger partial charge < -0.3 is 15.4 Å². The Morgan fingerprint density at radius 2 is 1.58 bits per heavy atom. The molecule has 3 aromatic carbocycles. The molecule has 33 heavy (non-hydrogen) atoms. The third kappa shape index (κ3) is 7.48. The largest absolute Gasteiger partial charge is 0.483 e. The number of anilines is 1. The summed E-state index contributed by atoms with van der Waals surface area (Å²) in [5.41, 5.74) is 4.02. The van der Waals surface area contributed by atoms with E-state index in [1.54, 1.807) is 48.5 Å². The van der Waals surface area contributed by atoms with Crippen LogP contribution in [-0.4, -0.2) is 30.5 Å². The van der Waals surface area contributed by atoms with Crippen LogP contribution in [0, 0.1) is 0 Å². The number of halogens is 1. The molecule has 0 atom stereocenters. The van der Waals surface area contributed by atoms with Crippen molar-refractivity contribution < 1.29 is 19.1 Å². The molecule has 0 unspecified atom stereocenters. The summed E-state index contributed by atoms with van der Waals surface area (Å²) in [7, 11) is 0. The van der Waals surface area contributed by atoms with E-state index in [1.165, 1.54) is 6.21 Å². The number of ether oxygens (including phenoxy) is 1. The molecule has 9 heteroatoms. The summed E-state index contributed by atoms with van der Waals surface area (Å²) in [4.78, 5) is 36.0.